The summed E-state index contributed by atoms with van der Waals surface area (Å²) in [6.07, 6.45) is -1.49. The number of aliphatic carboxylic acids is 1. The van der Waals surface area contributed by atoms with Gasteiger partial charge < -0.3 is 25.0 Å². The van der Waals surface area contributed by atoms with Crippen LogP contribution >= 0.6 is 0 Å². The van der Waals surface area contributed by atoms with Crippen molar-refractivity contribution in [1.82, 2.24) is 5.32 Å². The van der Waals surface area contributed by atoms with E-state index in [-0.39, 0.29) is 6.42 Å². The highest BCUT2D eigenvalue weighted by molar-refractivity contribution is 5.87. The van der Waals surface area contributed by atoms with Crippen molar-refractivity contribution >= 4 is 11.9 Å². The van der Waals surface area contributed by atoms with Crippen molar-refractivity contribution < 1.29 is 29.3 Å². The summed E-state index contributed by atoms with van der Waals surface area (Å²) in [4.78, 5) is 24.5. The maximum atomic E-state index is 12.6. The van der Waals surface area contributed by atoms with Crippen LogP contribution in [-0.4, -0.2) is 28.1 Å². The third-order valence-corrected chi connectivity index (χ3v) is 5.90. The minimum Gasteiger partial charge on any atom is -0.485 e. The van der Waals surface area contributed by atoms with Crippen LogP contribution in [0.15, 0.2) is 109 Å². The lowest BCUT2D eigenvalue weighted by molar-refractivity contribution is -0.143. The van der Waals surface area contributed by atoms with Crippen molar-refractivity contribution in [3.05, 3.63) is 131 Å². The summed E-state index contributed by atoms with van der Waals surface area (Å²) in [6, 6.07) is 31.7. The van der Waals surface area contributed by atoms with Crippen LogP contribution in [0.4, 0.5) is 0 Å². The Bertz CT molecular complexity index is 1330. The topological polar surface area (TPSA) is 105 Å². The number of hydrogen-bond acceptors (Lipinski definition) is 5. The Hall–Kier alpha value is -4.62. The molecule has 0 aromatic heterocycles. The molecule has 2 atom stereocenters. The van der Waals surface area contributed by atoms with Gasteiger partial charge in [-0.2, -0.15) is 0 Å². The summed E-state index contributed by atoms with van der Waals surface area (Å²) < 4.78 is 12.1. The van der Waals surface area contributed by atoms with Gasteiger partial charge in [-0.15, -0.1) is 0 Å². The molecule has 0 fully saturated rings. The van der Waals surface area contributed by atoms with Crippen LogP contribution in [0, 0.1) is 0 Å². The standard InChI is InChI=1S/C31H29NO6/c33-29(25-14-8-3-9-15-25)30(34)32-26(31(35)36)18-24-16-17-27(37-20-22-10-4-1-5-11-22)28(19-24)38-21-23-12-6-2-7-13-23/h1-17,19,26,29,33H,18,20-21H2,(H,32,34)(H,35,36)/t26-,29-/m0/s1. The molecule has 0 radical (unpaired) electrons. The van der Waals surface area contributed by atoms with Crippen LogP contribution in [0.5, 0.6) is 11.5 Å². The third kappa shape index (κ3) is 7.44. The number of carboxylic acid groups (broad SMARTS) is 1. The highest BCUT2D eigenvalue weighted by Crippen LogP contribution is 2.31. The molecule has 0 bridgehead atoms. The molecule has 7 nitrogen and oxygen atoms in total. The van der Waals surface area contributed by atoms with Gasteiger partial charge in [0, 0.05) is 6.42 Å². The Morgan fingerprint density at radius 2 is 1.21 bits per heavy atom. The molecule has 0 heterocycles. The van der Waals surface area contributed by atoms with Crippen LogP contribution in [0.1, 0.15) is 28.4 Å². The molecule has 0 spiro atoms. The Kier molecular flexibility index (Phi) is 9.10. The van der Waals surface area contributed by atoms with E-state index in [1.807, 2.05) is 60.7 Å². The Labute approximate surface area is 221 Å². The first-order valence-electron chi connectivity index (χ1n) is 12.2. The molecular formula is C31H29NO6. The van der Waals surface area contributed by atoms with E-state index in [1.54, 1.807) is 48.5 Å². The number of ether oxygens (including phenoxy) is 2. The maximum absolute atomic E-state index is 12.6. The van der Waals surface area contributed by atoms with E-state index in [2.05, 4.69) is 5.32 Å². The minimum absolute atomic E-state index is 0.0107. The van der Waals surface area contributed by atoms with Crippen LogP contribution < -0.4 is 14.8 Å². The molecule has 0 saturated carbocycles. The molecule has 38 heavy (non-hydrogen) atoms. The van der Waals surface area contributed by atoms with Crippen molar-refractivity contribution in [3.8, 4) is 11.5 Å². The SMILES string of the molecule is O=C(O)[C@H](Cc1ccc(OCc2ccccc2)c(OCc2ccccc2)c1)NC(=O)[C@@H](O)c1ccccc1. The van der Waals surface area contributed by atoms with Crippen molar-refractivity contribution in [2.75, 3.05) is 0 Å². The zero-order valence-electron chi connectivity index (χ0n) is 20.7. The van der Waals surface area contributed by atoms with Gasteiger partial charge in [0.15, 0.2) is 17.6 Å². The van der Waals surface area contributed by atoms with Crippen LogP contribution in [0.3, 0.4) is 0 Å². The minimum atomic E-state index is -1.48. The number of carbonyl (C=O) groups excluding carboxylic acids is 1. The summed E-state index contributed by atoms with van der Waals surface area (Å²) >= 11 is 0. The summed E-state index contributed by atoms with van der Waals surface area (Å²) in [6.45, 7) is 0.640. The predicted octanol–water partition coefficient (Wildman–Crippen LogP) is 4.69. The monoisotopic (exact) mass is 511 g/mol. The summed E-state index contributed by atoms with van der Waals surface area (Å²) in [5.74, 6) is -1.02. The second kappa shape index (κ2) is 13.1. The number of carboxylic acids is 1. The molecule has 0 unspecified atom stereocenters. The molecule has 0 aliphatic carbocycles. The smallest absolute Gasteiger partial charge is 0.326 e. The van der Waals surface area contributed by atoms with Crippen molar-refractivity contribution in [2.45, 2.75) is 31.8 Å². The molecule has 4 rings (SSSR count). The summed E-state index contributed by atoms with van der Waals surface area (Å²) in [5.41, 5.74) is 2.97. The van der Waals surface area contributed by atoms with E-state index in [9.17, 15) is 19.8 Å². The fourth-order valence-corrected chi connectivity index (χ4v) is 3.86. The zero-order valence-corrected chi connectivity index (χ0v) is 20.7. The van der Waals surface area contributed by atoms with E-state index >= 15 is 0 Å². The number of amides is 1. The predicted molar refractivity (Wildman–Crippen MR) is 143 cm³/mol. The van der Waals surface area contributed by atoms with Crippen LogP contribution in [0.25, 0.3) is 0 Å². The molecule has 1 amide bonds. The van der Waals surface area contributed by atoms with Crippen molar-refractivity contribution in [1.29, 1.82) is 0 Å². The molecule has 4 aromatic carbocycles. The van der Waals surface area contributed by atoms with Crippen LogP contribution in [-0.2, 0) is 29.2 Å². The summed E-state index contributed by atoms with van der Waals surface area (Å²) in [5, 5.41) is 22.6. The van der Waals surface area contributed by atoms with Crippen molar-refractivity contribution in [3.63, 3.8) is 0 Å². The third-order valence-electron chi connectivity index (χ3n) is 5.90. The highest BCUT2D eigenvalue weighted by Gasteiger charge is 2.25. The lowest BCUT2D eigenvalue weighted by Crippen LogP contribution is -2.44. The largest absolute Gasteiger partial charge is 0.485 e. The molecule has 0 aliphatic heterocycles. The number of nitrogens with one attached hydrogen (secondary N) is 1. The molecule has 0 aliphatic rings. The lowest BCUT2D eigenvalue weighted by Gasteiger charge is -2.19. The van der Waals surface area contributed by atoms with Gasteiger partial charge in [-0.1, -0.05) is 97.1 Å². The van der Waals surface area contributed by atoms with E-state index < -0.39 is 24.0 Å². The van der Waals surface area contributed by atoms with E-state index in [0.29, 0.717) is 35.8 Å². The zero-order chi connectivity index (χ0) is 26.7. The van der Waals surface area contributed by atoms with Gasteiger partial charge in [0.2, 0.25) is 0 Å². The highest BCUT2D eigenvalue weighted by atomic mass is 16.5. The average Bonchev–Trinajstić information content (AvgIpc) is 2.96. The van der Waals surface area contributed by atoms with E-state index in [4.69, 9.17) is 9.47 Å². The molecule has 0 saturated heterocycles. The Balaban J connectivity index is 1.50. The fourth-order valence-electron chi connectivity index (χ4n) is 3.86. The molecule has 7 heteroatoms. The summed E-state index contributed by atoms with van der Waals surface area (Å²) in [7, 11) is 0. The van der Waals surface area contributed by atoms with Gasteiger partial charge >= 0.3 is 5.97 Å². The molecule has 3 N–H and O–H groups in total. The quantitative estimate of drug-likeness (QED) is 0.255. The fraction of sp³-hybridized carbons (Fsp3) is 0.161. The number of rotatable bonds is 12. The first kappa shape index (κ1) is 26.4. The first-order chi connectivity index (χ1) is 18.5. The first-order valence-corrected chi connectivity index (χ1v) is 12.2. The second-order valence-electron chi connectivity index (χ2n) is 8.75. The van der Waals surface area contributed by atoms with E-state index in [0.717, 1.165) is 11.1 Å². The number of benzene rings is 4. The van der Waals surface area contributed by atoms with Gasteiger partial charge in [-0.05, 0) is 34.4 Å². The van der Waals surface area contributed by atoms with Crippen LogP contribution in [0.2, 0.25) is 0 Å². The normalized spacial score (nSPS) is 12.2. The number of hydrogen-bond donors (Lipinski definition) is 3. The van der Waals surface area contributed by atoms with Gasteiger partial charge in [-0.3, -0.25) is 4.79 Å². The Morgan fingerprint density at radius 1 is 0.684 bits per heavy atom. The van der Waals surface area contributed by atoms with Gasteiger partial charge in [0.05, 0.1) is 0 Å². The number of aliphatic hydroxyl groups is 1. The van der Waals surface area contributed by atoms with E-state index in [1.165, 1.54) is 0 Å². The lowest BCUT2D eigenvalue weighted by atomic mass is 10.0. The van der Waals surface area contributed by atoms with Gasteiger partial charge in [0.25, 0.3) is 5.91 Å². The Morgan fingerprint density at radius 3 is 1.76 bits per heavy atom. The number of aliphatic hydroxyl groups excluding tert-OH is 1. The maximum Gasteiger partial charge on any atom is 0.326 e. The van der Waals surface area contributed by atoms with Crippen molar-refractivity contribution in [2.24, 2.45) is 0 Å². The van der Waals surface area contributed by atoms with Gasteiger partial charge in [0.1, 0.15) is 19.3 Å². The van der Waals surface area contributed by atoms with Gasteiger partial charge in [-0.25, -0.2) is 4.79 Å². The second-order valence-corrected chi connectivity index (χ2v) is 8.75. The average molecular weight is 512 g/mol. The number of carbonyl (C=O) groups is 2. The molecule has 4 aromatic rings. The molecular weight excluding hydrogens is 482 g/mol. The molecule has 194 valence electrons.